The summed E-state index contributed by atoms with van der Waals surface area (Å²) in [6, 6.07) is 5.36. The van der Waals surface area contributed by atoms with Crippen LogP contribution in [-0.4, -0.2) is 43.5 Å². The first-order valence-electron chi connectivity index (χ1n) is 6.36. The maximum absolute atomic E-state index is 12.4. The molecule has 2 rings (SSSR count). The van der Waals surface area contributed by atoms with Gasteiger partial charge < -0.3 is 5.32 Å². The molecule has 0 spiro atoms. The van der Waals surface area contributed by atoms with Crippen molar-refractivity contribution in [3.8, 4) is 0 Å². The van der Waals surface area contributed by atoms with E-state index in [4.69, 9.17) is 0 Å². The van der Waals surface area contributed by atoms with Gasteiger partial charge in [-0.15, -0.1) is 4.83 Å². The third-order valence-electron chi connectivity index (χ3n) is 2.59. The zero-order valence-corrected chi connectivity index (χ0v) is 12.6. The highest BCUT2D eigenvalue weighted by Gasteiger charge is 2.25. The second kappa shape index (κ2) is 5.78. The number of nitrogens with one attached hydrogen (secondary N) is 2. The van der Waals surface area contributed by atoms with E-state index in [0.717, 1.165) is 6.42 Å². The Morgan fingerprint density at radius 1 is 1.35 bits per heavy atom. The lowest BCUT2D eigenvalue weighted by atomic mass is 10.5. The zero-order chi connectivity index (χ0) is 14.8. The van der Waals surface area contributed by atoms with Crippen LogP contribution in [-0.2, 0) is 10.0 Å². The van der Waals surface area contributed by atoms with Gasteiger partial charge in [0, 0.05) is 26.8 Å². The van der Waals surface area contributed by atoms with Crippen molar-refractivity contribution in [3.63, 3.8) is 0 Å². The molecule has 0 aliphatic heterocycles. The monoisotopic (exact) mass is 297 g/mol. The fourth-order valence-corrected chi connectivity index (χ4v) is 3.23. The highest BCUT2D eigenvalue weighted by Crippen LogP contribution is 2.22. The predicted octanol–water partition coefficient (Wildman–Crippen LogP) is 0.911. The van der Waals surface area contributed by atoms with E-state index in [2.05, 4.69) is 15.1 Å². The number of imidazole rings is 1. The second-order valence-electron chi connectivity index (χ2n) is 4.61. The molecular weight excluding hydrogens is 278 g/mol. The maximum atomic E-state index is 12.4. The number of hydrogen-bond donors (Lipinski definition) is 2. The lowest BCUT2D eigenvalue weighted by Crippen LogP contribution is -2.37. The summed E-state index contributed by atoms with van der Waals surface area (Å²) in [7, 11) is -0.440. The molecule has 8 heteroatoms. The van der Waals surface area contributed by atoms with E-state index in [0.29, 0.717) is 18.0 Å². The molecule has 0 unspecified atom stereocenters. The van der Waals surface area contributed by atoms with Crippen LogP contribution < -0.4 is 10.1 Å². The van der Waals surface area contributed by atoms with Crippen LogP contribution in [0.4, 0.5) is 5.82 Å². The Kier molecular flexibility index (Phi) is 4.26. The molecule has 2 aromatic rings. The minimum atomic E-state index is -3.69. The third kappa shape index (κ3) is 2.92. The Labute approximate surface area is 118 Å². The van der Waals surface area contributed by atoms with Crippen LogP contribution in [0.25, 0.3) is 5.65 Å². The second-order valence-corrected chi connectivity index (χ2v) is 6.19. The summed E-state index contributed by atoms with van der Waals surface area (Å²) in [6.07, 6.45) is 2.57. The van der Waals surface area contributed by atoms with Gasteiger partial charge in [0.05, 0.1) is 0 Å². The van der Waals surface area contributed by atoms with E-state index >= 15 is 0 Å². The standard InChI is InChI=1S/C12H19N5O2S/c1-4-8-13-11-12(20(18,19)15-16(2)3)17-9-6-5-7-10(17)14-11/h5-7,9,13,15H,4,8H2,1-3H3. The lowest BCUT2D eigenvalue weighted by Gasteiger charge is -2.13. The first-order chi connectivity index (χ1) is 9.45. The Bertz CT molecular complexity index is 693. The van der Waals surface area contributed by atoms with Crippen molar-refractivity contribution in [2.45, 2.75) is 18.4 Å². The number of hydrogen-bond acceptors (Lipinski definition) is 5. The number of anilines is 1. The molecule has 0 aromatic carbocycles. The molecule has 0 saturated heterocycles. The number of sulfonamides is 1. The van der Waals surface area contributed by atoms with Gasteiger partial charge in [0.2, 0.25) is 0 Å². The van der Waals surface area contributed by atoms with Gasteiger partial charge in [-0.3, -0.25) is 4.40 Å². The number of fused-ring (bicyclic) bond motifs is 1. The minimum Gasteiger partial charge on any atom is -0.368 e. The highest BCUT2D eigenvalue weighted by atomic mass is 32.2. The van der Waals surface area contributed by atoms with Gasteiger partial charge in [-0.25, -0.2) is 18.4 Å². The zero-order valence-electron chi connectivity index (χ0n) is 11.8. The fraction of sp³-hybridized carbons (Fsp3) is 0.417. The maximum Gasteiger partial charge on any atom is 0.273 e. The van der Waals surface area contributed by atoms with Crippen LogP contribution in [0.2, 0.25) is 0 Å². The summed E-state index contributed by atoms with van der Waals surface area (Å²) in [5, 5.41) is 4.57. The normalized spacial score (nSPS) is 12.2. The van der Waals surface area contributed by atoms with E-state index in [1.54, 1.807) is 36.8 Å². The molecule has 110 valence electrons. The predicted molar refractivity (Wildman–Crippen MR) is 78.0 cm³/mol. The summed E-state index contributed by atoms with van der Waals surface area (Å²) >= 11 is 0. The average Bonchev–Trinajstić information content (AvgIpc) is 2.73. The summed E-state index contributed by atoms with van der Waals surface area (Å²) in [6.45, 7) is 2.67. The van der Waals surface area contributed by atoms with E-state index in [1.165, 1.54) is 5.01 Å². The van der Waals surface area contributed by atoms with Crippen molar-refractivity contribution in [1.82, 2.24) is 19.2 Å². The molecule has 2 N–H and O–H groups in total. The molecule has 2 aromatic heterocycles. The van der Waals surface area contributed by atoms with Crippen LogP contribution in [0, 0.1) is 0 Å². The Morgan fingerprint density at radius 3 is 2.75 bits per heavy atom. The van der Waals surface area contributed by atoms with Gasteiger partial charge in [-0.05, 0) is 18.6 Å². The van der Waals surface area contributed by atoms with Gasteiger partial charge in [0.15, 0.2) is 10.8 Å². The fourth-order valence-electron chi connectivity index (χ4n) is 1.87. The molecule has 0 aliphatic carbocycles. The summed E-state index contributed by atoms with van der Waals surface area (Å²) in [5.41, 5.74) is 0.588. The molecule has 2 heterocycles. The molecule has 0 fully saturated rings. The highest BCUT2D eigenvalue weighted by molar-refractivity contribution is 7.89. The molecule has 0 amide bonds. The molecule has 0 atom stereocenters. The Balaban J connectivity index is 2.58. The van der Waals surface area contributed by atoms with Crippen molar-refractivity contribution in [3.05, 3.63) is 24.4 Å². The number of aromatic nitrogens is 2. The number of hydrazine groups is 1. The van der Waals surface area contributed by atoms with Crippen molar-refractivity contribution >= 4 is 21.5 Å². The first kappa shape index (κ1) is 14.8. The number of pyridine rings is 1. The van der Waals surface area contributed by atoms with E-state index in [-0.39, 0.29) is 5.03 Å². The summed E-state index contributed by atoms with van der Waals surface area (Å²) in [5.74, 6) is 0.368. The molecule has 0 bridgehead atoms. The number of nitrogens with zero attached hydrogens (tertiary/aromatic N) is 3. The van der Waals surface area contributed by atoms with E-state index in [1.807, 2.05) is 13.0 Å². The van der Waals surface area contributed by atoms with Crippen molar-refractivity contribution in [2.24, 2.45) is 0 Å². The lowest BCUT2D eigenvalue weighted by molar-refractivity contribution is 0.363. The van der Waals surface area contributed by atoms with Crippen LogP contribution in [0.1, 0.15) is 13.3 Å². The van der Waals surface area contributed by atoms with Crippen molar-refractivity contribution in [1.29, 1.82) is 0 Å². The molecular formula is C12H19N5O2S. The summed E-state index contributed by atoms with van der Waals surface area (Å²) < 4.78 is 26.5. The first-order valence-corrected chi connectivity index (χ1v) is 7.84. The number of rotatable bonds is 6. The molecule has 0 aliphatic rings. The van der Waals surface area contributed by atoms with Crippen LogP contribution in [0.3, 0.4) is 0 Å². The van der Waals surface area contributed by atoms with Crippen LogP contribution in [0.5, 0.6) is 0 Å². The Morgan fingerprint density at radius 2 is 2.10 bits per heavy atom. The molecule has 0 radical (unpaired) electrons. The van der Waals surface area contributed by atoms with Gasteiger partial charge in [0.25, 0.3) is 10.0 Å². The topological polar surface area (TPSA) is 78.7 Å². The third-order valence-corrected chi connectivity index (χ3v) is 4.09. The van der Waals surface area contributed by atoms with Crippen LogP contribution >= 0.6 is 0 Å². The van der Waals surface area contributed by atoms with Crippen molar-refractivity contribution in [2.75, 3.05) is 26.0 Å². The van der Waals surface area contributed by atoms with Gasteiger partial charge in [-0.2, -0.15) is 0 Å². The van der Waals surface area contributed by atoms with E-state index in [9.17, 15) is 8.42 Å². The Hall–Kier alpha value is -1.64. The molecule has 20 heavy (non-hydrogen) atoms. The average molecular weight is 297 g/mol. The SMILES string of the molecule is CCCNc1nc2ccccn2c1S(=O)(=O)NN(C)C. The van der Waals surface area contributed by atoms with Crippen LogP contribution in [0.15, 0.2) is 29.4 Å². The molecule has 0 saturated carbocycles. The molecule has 7 nitrogen and oxygen atoms in total. The van der Waals surface area contributed by atoms with Gasteiger partial charge in [0.1, 0.15) is 5.65 Å². The van der Waals surface area contributed by atoms with E-state index < -0.39 is 10.0 Å². The smallest absolute Gasteiger partial charge is 0.273 e. The largest absolute Gasteiger partial charge is 0.368 e. The quantitative estimate of drug-likeness (QED) is 0.775. The minimum absolute atomic E-state index is 0.121. The summed E-state index contributed by atoms with van der Waals surface area (Å²) in [4.78, 5) is 6.77. The van der Waals surface area contributed by atoms with Gasteiger partial charge in [-0.1, -0.05) is 13.0 Å². The van der Waals surface area contributed by atoms with Gasteiger partial charge >= 0.3 is 0 Å². The van der Waals surface area contributed by atoms with Crippen molar-refractivity contribution < 1.29 is 8.42 Å².